The van der Waals surface area contributed by atoms with E-state index >= 15 is 0 Å². The molecule has 0 heterocycles. The van der Waals surface area contributed by atoms with Crippen LogP contribution in [0.3, 0.4) is 0 Å². The number of hydrogen-bond donors (Lipinski definition) is 0. The molecule has 0 aliphatic rings. The van der Waals surface area contributed by atoms with Gasteiger partial charge in [0.15, 0.2) is 0 Å². The predicted molar refractivity (Wildman–Crippen MR) is 114 cm³/mol. The highest BCUT2D eigenvalue weighted by Crippen LogP contribution is 2.39. The maximum atomic E-state index is 12.9. The Labute approximate surface area is 185 Å². The first-order valence-electron chi connectivity index (χ1n) is 9.84. The zero-order valence-corrected chi connectivity index (χ0v) is 16.9. The Balaban J connectivity index is 1.68. The Morgan fingerprint density at radius 1 is 0.424 bits per heavy atom. The first-order valence-corrected chi connectivity index (χ1v) is 9.84. The highest BCUT2D eigenvalue weighted by atomic mass is 19.4. The predicted octanol–water partition coefficient (Wildman–Crippen LogP) is 8.85. The number of benzene rings is 4. The Hall–Kier alpha value is -3.74. The largest absolute Gasteiger partial charge is 0.456 e. The van der Waals surface area contributed by atoms with Crippen molar-refractivity contribution in [3.63, 3.8) is 0 Å². The standard InChI is InChI=1S/C26H16F6O/c27-25(28,29)19-13-9-17(10-14-19)21-5-1-3-7-23(21)33-24-8-4-2-6-22(24)18-11-15-20(16-12-18)26(30,31)32/h1-16H. The summed E-state index contributed by atoms with van der Waals surface area (Å²) < 4.78 is 83.5. The van der Waals surface area contributed by atoms with Crippen molar-refractivity contribution in [3.8, 4) is 33.8 Å². The lowest BCUT2D eigenvalue weighted by Crippen LogP contribution is -2.04. The normalized spacial score (nSPS) is 11.9. The zero-order chi connectivity index (χ0) is 23.6. The molecule has 168 valence electrons. The monoisotopic (exact) mass is 458 g/mol. The highest BCUT2D eigenvalue weighted by Gasteiger charge is 2.31. The summed E-state index contributed by atoms with van der Waals surface area (Å²) in [5.41, 5.74) is 0.715. The summed E-state index contributed by atoms with van der Waals surface area (Å²) in [5, 5.41) is 0. The van der Waals surface area contributed by atoms with Crippen molar-refractivity contribution in [2.24, 2.45) is 0 Å². The van der Waals surface area contributed by atoms with Crippen LogP contribution >= 0.6 is 0 Å². The van der Waals surface area contributed by atoms with Crippen LogP contribution in [0.1, 0.15) is 11.1 Å². The number of ether oxygens (including phenoxy) is 1. The smallest absolute Gasteiger partial charge is 0.416 e. The van der Waals surface area contributed by atoms with Gasteiger partial charge in [-0.2, -0.15) is 26.3 Å². The molecule has 0 saturated carbocycles. The van der Waals surface area contributed by atoms with Crippen LogP contribution in [-0.2, 0) is 12.4 Å². The Bertz CT molecular complexity index is 1140. The van der Waals surface area contributed by atoms with Crippen LogP contribution in [0.2, 0.25) is 0 Å². The van der Waals surface area contributed by atoms with E-state index in [0.29, 0.717) is 33.8 Å². The molecule has 1 nitrogen and oxygen atoms in total. The van der Waals surface area contributed by atoms with Crippen LogP contribution in [0.25, 0.3) is 22.3 Å². The van der Waals surface area contributed by atoms with Gasteiger partial charge in [0.2, 0.25) is 0 Å². The minimum atomic E-state index is -4.44. The fourth-order valence-electron chi connectivity index (χ4n) is 3.38. The van der Waals surface area contributed by atoms with Crippen molar-refractivity contribution in [1.29, 1.82) is 0 Å². The lowest BCUT2D eigenvalue weighted by molar-refractivity contribution is -0.138. The summed E-state index contributed by atoms with van der Waals surface area (Å²) in [6.45, 7) is 0. The van der Waals surface area contributed by atoms with Gasteiger partial charge in [0, 0.05) is 11.1 Å². The number of halogens is 6. The van der Waals surface area contributed by atoms with Gasteiger partial charge >= 0.3 is 12.4 Å². The third kappa shape index (κ3) is 5.03. The molecule has 0 fully saturated rings. The SMILES string of the molecule is FC(F)(F)c1ccc(-c2ccccc2Oc2ccccc2-c2ccc(C(F)(F)F)cc2)cc1. The summed E-state index contributed by atoms with van der Waals surface area (Å²) in [4.78, 5) is 0. The topological polar surface area (TPSA) is 9.23 Å². The lowest BCUT2D eigenvalue weighted by Gasteiger charge is -2.15. The maximum absolute atomic E-state index is 12.9. The van der Waals surface area contributed by atoms with Gasteiger partial charge < -0.3 is 4.74 Å². The molecule has 4 aromatic carbocycles. The van der Waals surface area contributed by atoms with Crippen LogP contribution in [0, 0.1) is 0 Å². The van der Waals surface area contributed by atoms with Crippen molar-refractivity contribution in [3.05, 3.63) is 108 Å². The molecule has 0 N–H and O–H groups in total. The summed E-state index contributed by atoms with van der Waals surface area (Å²) in [7, 11) is 0. The van der Waals surface area contributed by atoms with Gasteiger partial charge in [-0.3, -0.25) is 0 Å². The minimum Gasteiger partial charge on any atom is -0.456 e. The molecule has 0 aliphatic carbocycles. The van der Waals surface area contributed by atoms with E-state index in [4.69, 9.17) is 4.74 Å². The van der Waals surface area contributed by atoms with E-state index in [1.807, 2.05) is 0 Å². The summed E-state index contributed by atoms with van der Waals surface area (Å²) in [6.07, 6.45) is -8.87. The quantitative estimate of drug-likeness (QED) is 0.278. The maximum Gasteiger partial charge on any atom is 0.416 e. The van der Waals surface area contributed by atoms with Crippen molar-refractivity contribution >= 4 is 0 Å². The summed E-state index contributed by atoms with van der Waals surface area (Å²) in [6, 6.07) is 23.2. The van der Waals surface area contributed by atoms with Gasteiger partial charge in [-0.1, -0.05) is 60.7 Å². The number of alkyl halides is 6. The van der Waals surface area contributed by atoms with Crippen LogP contribution in [0.4, 0.5) is 26.3 Å². The van der Waals surface area contributed by atoms with Crippen LogP contribution < -0.4 is 4.74 Å². The van der Waals surface area contributed by atoms with Crippen LogP contribution in [0.15, 0.2) is 97.1 Å². The molecule has 0 aromatic heterocycles. The van der Waals surface area contributed by atoms with E-state index in [1.165, 1.54) is 24.3 Å². The van der Waals surface area contributed by atoms with E-state index in [9.17, 15) is 26.3 Å². The van der Waals surface area contributed by atoms with Gasteiger partial charge in [0.25, 0.3) is 0 Å². The van der Waals surface area contributed by atoms with E-state index < -0.39 is 23.5 Å². The molecule has 0 saturated heterocycles. The van der Waals surface area contributed by atoms with Gasteiger partial charge in [-0.15, -0.1) is 0 Å². The fourth-order valence-corrected chi connectivity index (χ4v) is 3.38. The number of para-hydroxylation sites is 2. The van der Waals surface area contributed by atoms with Crippen molar-refractivity contribution < 1.29 is 31.1 Å². The Morgan fingerprint density at radius 2 is 0.758 bits per heavy atom. The molecule has 0 atom stereocenters. The third-order valence-corrected chi connectivity index (χ3v) is 5.04. The van der Waals surface area contributed by atoms with Gasteiger partial charge in [0.1, 0.15) is 11.5 Å². The molecule has 0 spiro atoms. The lowest BCUT2D eigenvalue weighted by atomic mass is 10.0. The zero-order valence-electron chi connectivity index (χ0n) is 16.9. The van der Waals surface area contributed by atoms with Crippen molar-refractivity contribution in [2.75, 3.05) is 0 Å². The first-order chi connectivity index (χ1) is 15.6. The van der Waals surface area contributed by atoms with Crippen LogP contribution in [-0.4, -0.2) is 0 Å². The number of rotatable bonds is 4. The average molecular weight is 458 g/mol. The summed E-state index contributed by atoms with van der Waals surface area (Å²) >= 11 is 0. The molecule has 7 heteroatoms. The van der Waals surface area contributed by atoms with E-state index in [2.05, 4.69) is 0 Å². The van der Waals surface area contributed by atoms with Gasteiger partial charge in [-0.25, -0.2) is 0 Å². The molecule has 4 rings (SSSR count). The van der Waals surface area contributed by atoms with Crippen molar-refractivity contribution in [1.82, 2.24) is 0 Å². The molecule has 33 heavy (non-hydrogen) atoms. The second-order valence-corrected chi connectivity index (χ2v) is 7.24. The highest BCUT2D eigenvalue weighted by molar-refractivity contribution is 5.74. The average Bonchev–Trinajstić information content (AvgIpc) is 2.79. The molecule has 0 aliphatic heterocycles. The van der Waals surface area contributed by atoms with E-state index in [0.717, 1.165) is 24.3 Å². The van der Waals surface area contributed by atoms with E-state index in [-0.39, 0.29) is 0 Å². The molecular weight excluding hydrogens is 442 g/mol. The number of hydrogen-bond acceptors (Lipinski definition) is 1. The molecule has 0 amide bonds. The van der Waals surface area contributed by atoms with Gasteiger partial charge in [-0.05, 0) is 47.5 Å². The van der Waals surface area contributed by atoms with Gasteiger partial charge in [0.05, 0.1) is 11.1 Å². The van der Waals surface area contributed by atoms with E-state index in [1.54, 1.807) is 48.5 Å². The molecule has 0 unspecified atom stereocenters. The molecule has 4 aromatic rings. The minimum absolute atomic E-state index is 0.400. The fraction of sp³-hybridized carbons (Fsp3) is 0.0769. The third-order valence-electron chi connectivity index (χ3n) is 5.04. The first kappa shape index (κ1) is 22.5. The molecule has 0 radical (unpaired) electrons. The van der Waals surface area contributed by atoms with Crippen LogP contribution in [0.5, 0.6) is 11.5 Å². The Kier molecular flexibility index (Phi) is 5.89. The molecule has 0 bridgehead atoms. The van der Waals surface area contributed by atoms with Crippen molar-refractivity contribution in [2.45, 2.75) is 12.4 Å². The second-order valence-electron chi connectivity index (χ2n) is 7.24. The Morgan fingerprint density at radius 3 is 1.09 bits per heavy atom. The molecular formula is C26H16F6O. The second kappa shape index (κ2) is 8.65. The summed E-state index contributed by atoms with van der Waals surface area (Å²) in [5.74, 6) is 0.799.